The van der Waals surface area contributed by atoms with E-state index in [0.29, 0.717) is 5.69 Å². The Kier molecular flexibility index (Phi) is 4.29. The second-order valence-corrected chi connectivity index (χ2v) is 4.62. The average Bonchev–Trinajstić information content (AvgIpc) is 2.45. The number of rotatable bonds is 4. The van der Waals surface area contributed by atoms with Gasteiger partial charge >= 0.3 is 0 Å². The van der Waals surface area contributed by atoms with Crippen molar-refractivity contribution in [2.75, 3.05) is 0 Å². The van der Waals surface area contributed by atoms with Crippen molar-refractivity contribution in [3.05, 3.63) is 64.1 Å². The zero-order valence-corrected chi connectivity index (χ0v) is 11.3. The first-order valence-corrected chi connectivity index (χ1v) is 6.43. The molecule has 0 aromatic heterocycles. The van der Waals surface area contributed by atoms with Crippen molar-refractivity contribution >= 4 is 30.6 Å². The van der Waals surface area contributed by atoms with Crippen molar-refractivity contribution in [3.8, 4) is 0 Å². The first-order valence-electron chi connectivity index (χ1n) is 6.43. The third kappa shape index (κ3) is 3.65. The van der Waals surface area contributed by atoms with E-state index >= 15 is 0 Å². The highest BCUT2D eigenvalue weighted by Gasteiger charge is 1.96. The van der Waals surface area contributed by atoms with Crippen molar-refractivity contribution in [2.45, 2.75) is 13.7 Å². The minimum atomic E-state index is 0.473. The molecule has 0 radical (unpaired) electrons. The topological polar surface area (TPSA) is 29.4 Å². The van der Waals surface area contributed by atoms with Gasteiger partial charge in [-0.3, -0.25) is 0 Å². The number of benzene rings is 2. The molecule has 0 N–H and O–H groups in total. The molecule has 0 aliphatic rings. The molecule has 0 saturated carbocycles. The molecule has 0 heterocycles. The van der Waals surface area contributed by atoms with Crippen LogP contribution in [-0.2, 0) is 0 Å². The summed E-state index contributed by atoms with van der Waals surface area (Å²) in [4.78, 5) is 10.6. The van der Waals surface area contributed by atoms with E-state index in [1.54, 1.807) is 12.1 Å². The summed E-state index contributed by atoms with van der Waals surface area (Å²) in [5, 5.41) is 2.99. The summed E-state index contributed by atoms with van der Waals surface area (Å²) in [6, 6.07) is 14.1. The highest BCUT2D eigenvalue weighted by atomic mass is 16.3. The molecule has 94 valence electrons. The van der Waals surface area contributed by atoms with Gasteiger partial charge in [0.05, 0.1) is 0 Å². The largest absolute Gasteiger partial charge is 0.154 e. The number of nitroso groups, excluding NO2 is 1. The zero-order chi connectivity index (χ0) is 13.7. The molecular weight excluding hydrogens is 233 g/mol. The Balaban J connectivity index is 2.21. The van der Waals surface area contributed by atoms with Crippen LogP contribution in [0.15, 0.2) is 47.6 Å². The molecule has 2 aromatic rings. The predicted molar refractivity (Wildman–Crippen MR) is 84.7 cm³/mol. The Bertz CT molecular complexity index is 603. The molecule has 0 aliphatic heterocycles. The van der Waals surface area contributed by atoms with Gasteiger partial charge in [0.15, 0.2) is 7.28 Å². The molecule has 0 saturated heterocycles. The number of hydrogen-bond acceptors (Lipinski definition) is 2. The van der Waals surface area contributed by atoms with Gasteiger partial charge in [-0.25, -0.2) is 0 Å². The summed E-state index contributed by atoms with van der Waals surface area (Å²) in [6.45, 7) is 4.10. The second kappa shape index (κ2) is 6.14. The van der Waals surface area contributed by atoms with Gasteiger partial charge in [0.1, 0.15) is 5.69 Å². The second-order valence-electron chi connectivity index (χ2n) is 4.62. The highest BCUT2D eigenvalue weighted by molar-refractivity contribution is 6.51. The smallest absolute Gasteiger partial charge is 0.145 e. The van der Waals surface area contributed by atoms with E-state index in [2.05, 4.69) is 36.3 Å². The van der Waals surface area contributed by atoms with Crippen molar-refractivity contribution in [1.82, 2.24) is 0 Å². The first-order chi connectivity index (χ1) is 9.21. The van der Waals surface area contributed by atoms with Crippen molar-refractivity contribution in [3.63, 3.8) is 0 Å². The molecule has 2 nitrogen and oxygen atoms in total. The van der Waals surface area contributed by atoms with Gasteiger partial charge in [-0.15, -0.1) is 4.91 Å². The molecule has 0 spiro atoms. The fourth-order valence-corrected chi connectivity index (χ4v) is 2.00. The van der Waals surface area contributed by atoms with Crippen LogP contribution in [0.1, 0.15) is 16.7 Å². The molecule has 2 rings (SSSR count). The lowest BCUT2D eigenvalue weighted by Crippen LogP contribution is -2.08. The summed E-state index contributed by atoms with van der Waals surface area (Å²) in [5.41, 5.74) is 4.99. The Hall–Kier alpha value is -2.16. The fraction of sp³-hybridized carbons (Fsp3) is 0.125. The molecule has 0 unspecified atom stereocenters. The summed E-state index contributed by atoms with van der Waals surface area (Å²) >= 11 is 0. The maximum atomic E-state index is 10.6. The van der Waals surface area contributed by atoms with Gasteiger partial charge in [0, 0.05) is 0 Å². The quantitative estimate of drug-likeness (QED) is 0.461. The van der Waals surface area contributed by atoms with Gasteiger partial charge in [0.25, 0.3) is 0 Å². The van der Waals surface area contributed by atoms with Crippen LogP contribution in [0.2, 0.25) is 6.82 Å². The van der Waals surface area contributed by atoms with E-state index in [4.69, 9.17) is 0 Å². The monoisotopic (exact) mass is 249 g/mol. The first kappa shape index (κ1) is 13.3. The maximum Gasteiger partial charge on any atom is 0.154 e. The van der Waals surface area contributed by atoms with Crippen molar-refractivity contribution in [1.29, 1.82) is 0 Å². The SMILES string of the molecule is CBc1ccc(/C=C/c2cc(C)cc(N=O)c2)cc1. The van der Waals surface area contributed by atoms with Gasteiger partial charge in [-0.1, -0.05) is 54.8 Å². The normalized spacial score (nSPS) is 10.6. The van der Waals surface area contributed by atoms with Crippen LogP contribution in [-0.4, -0.2) is 7.28 Å². The molecule has 0 bridgehead atoms. The lowest BCUT2D eigenvalue weighted by atomic mass is 9.73. The molecule has 3 heteroatoms. The Morgan fingerprint density at radius 2 is 1.68 bits per heavy atom. The van der Waals surface area contributed by atoms with E-state index in [1.807, 2.05) is 25.1 Å². The van der Waals surface area contributed by atoms with E-state index in [1.165, 1.54) is 5.46 Å². The minimum absolute atomic E-state index is 0.473. The molecule has 0 aliphatic carbocycles. The average molecular weight is 249 g/mol. The van der Waals surface area contributed by atoms with Gasteiger partial charge in [-0.2, -0.15) is 0 Å². The van der Waals surface area contributed by atoms with Crippen molar-refractivity contribution in [2.24, 2.45) is 5.18 Å². The molecular formula is C16H16BNO. The molecule has 19 heavy (non-hydrogen) atoms. The van der Waals surface area contributed by atoms with Crippen LogP contribution < -0.4 is 5.46 Å². The zero-order valence-electron chi connectivity index (χ0n) is 11.3. The van der Waals surface area contributed by atoms with Crippen LogP contribution >= 0.6 is 0 Å². The van der Waals surface area contributed by atoms with E-state index in [0.717, 1.165) is 24.0 Å². The summed E-state index contributed by atoms with van der Waals surface area (Å²) in [6.07, 6.45) is 4.05. The van der Waals surface area contributed by atoms with E-state index < -0.39 is 0 Å². The van der Waals surface area contributed by atoms with Crippen LogP contribution in [0.4, 0.5) is 5.69 Å². The third-order valence-electron chi connectivity index (χ3n) is 3.05. The molecule has 0 atom stereocenters. The summed E-state index contributed by atoms with van der Waals surface area (Å²) in [7, 11) is 1.05. The predicted octanol–water partition coefficient (Wildman–Crippen LogP) is 3.67. The minimum Gasteiger partial charge on any atom is -0.145 e. The number of aryl methyl sites for hydroxylation is 1. The van der Waals surface area contributed by atoms with Crippen LogP contribution in [0.25, 0.3) is 12.2 Å². The van der Waals surface area contributed by atoms with E-state index in [-0.39, 0.29) is 0 Å². The van der Waals surface area contributed by atoms with Crippen LogP contribution in [0.3, 0.4) is 0 Å². The van der Waals surface area contributed by atoms with Gasteiger partial charge in [-0.05, 0) is 40.9 Å². The van der Waals surface area contributed by atoms with Crippen LogP contribution in [0, 0.1) is 11.8 Å². The van der Waals surface area contributed by atoms with Gasteiger partial charge < -0.3 is 0 Å². The lowest BCUT2D eigenvalue weighted by molar-refractivity contribution is 1.40. The molecule has 0 amide bonds. The fourth-order valence-electron chi connectivity index (χ4n) is 2.00. The van der Waals surface area contributed by atoms with Gasteiger partial charge in [0.2, 0.25) is 0 Å². The Labute approximate surface area is 114 Å². The highest BCUT2D eigenvalue weighted by Crippen LogP contribution is 2.18. The Morgan fingerprint density at radius 1 is 1.00 bits per heavy atom. The third-order valence-corrected chi connectivity index (χ3v) is 3.05. The standard InChI is InChI=1S/C16H16BNO/c1-12-9-14(11-16(10-12)18-19)4-3-13-5-7-15(17-2)8-6-13/h3-11,17H,1-2H3/b4-3+. The van der Waals surface area contributed by atoms with Crippen molar-refractivity contribution < 1.29 is 0 Å². The van der Waals surface area contributed by atoms with E-state index in [9.17, 15) is 4.91 Å². The Morgan fingerprint density at radius 3 is 2.32 bits per heavy atom. The summed E-state index contributed by atoms with van der Waals surface area (Å²) in [5.74, 6) is 0. The number of nitrogens with zero attached hydrogens (tertiary/aromatic N) is 1. The summed E-state index contributed by atoms with van der Waals surface area (Å²) < 4.78 is 0. The number of hydrogen-bond donors (Lipinski definition) is 0. The maximum absolute atomic E-state index is 10.6. The molecule has 2 aromatic carbocycles. The molecule has 0 fully saturated rings. The van der Waals surface area contributed by atoms with Crippen LogP contribution in [0.5, 0.6) is 0 Å². The lowest BCUT2D eigenvalue weighted by Gasteiger charge is -1.99.